The van der Waals surface area contributed by atoms with Gasteiger partial charge in [-0.25, -0.2) is 4.21 Å². The molecule has 0 aliphatic rings. The molecule has 0 saturated carbocycles. The van der Waals surface area contributed by atoms with E-state index in [0.29, 0.717) is 6.54 Å². The molecule has 0 saturated heterocycles. The first kappa shape index (κ1) is 9.07. The fourth-order valence-corrected chi connectivity index (χ4v) is 1.22. The van der Waals surface area contributed by atoms with Crippen LogP contribution in [0.25, 0.3) is 0 Å². The molecule has 2 atom stereocenters. The van der Waals surface area contributed by atoms with Crippen molar-refractivity contribution < 1.29 is 8.76 Å². The van der Waals surface area contributed by atoms with Gasteiger partial charge in [-0.05, 0) is 6.42 Å². The number of hydrogen-bond acceptors (Lipinski definition) is 2. The van der Waals surface area contributed by atoms with Crippen molar-refractivity contribution in [1.29, 1.82) is 0 Å². The van der Waals surface area contributed by atoms with Crippen LogP contribution in [0.2, 0.25) is 0 Å². The number of nitrogens with two attached hydrogens (primary N) is 1. The molecule has 0 radical (unpaired) electrons. The average Bonchev–Trinajstić information content (AvgIpc) is 1.82. The summed E-state index contributed by atoms with van der Waals surface area (Å²) in [5.41, 5.74) is 5.21. The molecule has 4 heteroatoms. The lowest BCUT2D eigenvalue weighted by Gasteiger charge is -2.06. The van der Waals surface area contributed by atoms with Gasteiger partial charge >= 0.3 is 0 Å². The molecule has 2 unspecified atom stereocenters. The average molecular weight is 151 g/mol. The Balaban J connectivity index is 3.54. The van der Waals surface area contributed by atoms with Gasteiger partial charge in [0.15, 0.2) is 11.1 Å². The highest BCUT2D eigenvalue weighted by atomic mass is 32.2. The summed E-state index contributed by atoms with van der Waals surface area (Å²) in [7, 11) is 0. The minimum atomic E-state index is -1.73. The van der Waals surface area contributed by atoms with Gasteiger partial charge in [-0.15, -0.1) is 0 Å². The Hall–Kier alpha value is 0.0700. The lowest BCUT2D eigenvalue weighted by Crippen LogP contribution is -2.24. The Morgan fingerprint density at radius 1 is 1.78 bits per heavy atom. The van der Waals surface area contributed by atoms with Crippen LogP contribution in [0, 0.1) is 0 Å². The van der Waals surface area contributed by atoms with Crippen LogP contribution < -0.4 is 5.73 Å². The smallest absolute Gasteiger partial charge is 0.157 e. The van der Waals surface area contributed by atoms with Crippen molar-refractivity contribution in [3.8, 4) is 0 Å². The summed E-state index contributed by atoms with van der Waals surface area (Å²) >= 11 is -1.73. The molecule has 0 aromatic rings. The van der Waals surface area contributed by atoms with Crippen molar-refractivity contribution in [2.24, 2.45) is 5.73 Å². The third kappa shape index (κ3) is 3.61. The van der Waals surface area contributed by atoms with Crippen LogP contribution in [0.1, 0.15) is 19.8 Å². The van der Waals surface area contributed by atoms with Gasteiger partial charge in [0.2, 0.25) is 0 Å². The van der Waals surface area contributed by atoms with Gasteiger partial charge < -0.3 is 10.3 Å². The molecule has 0 aliphatic heterocycles. The maximum absolute atomic E-state index is 10.4. The van der Waals surface area contributed by atoms with E-state index >= 15 is 0 Å². The third-order valence-corrected chi connectivity index (χ3v) is 2.16. The predicted molar refractivity (Wildman–Crippen MR) is 38.5 cm³/mol. The molecule has 0 aliphatic carbocycles. The van der Waals surface area contributed by atoms with Crippen LogP contribution in [0.3, 0.4) is 0 Å². The zero-order valence-electron chi connectivity index (χ0n) is 5.54. The van der Waals surface area contributed by atoms with E-state index in [0.717, 1.165) is 12.8 Å². The number of rotatable bonds is 4. The molecule has 0 fully saturated rings. The maximum Gasteiger partial charge on any atom is 0.157 e. The Morgan fingerprint density at radius 2 is 2.33 bits per heavy atom. The molecule has 0 amide bonds. The van der Waals surface area contributed by atoms with E-state index in [1.54, 1.807) is 0 Å². The SMILES string of the molecule is CCCC(CN)S(=O)O. The van der Waals surface area contributed by atoms with E-state index in [9.17, 15) is 4.21 Å². The highest BCUT2D eigenvalue weighted by molar-refractivity contribution is 7.79. The highest BCUT2D eigenvalue weighted by Gasteiger charge is 2.10. The van der Waals surface area contributed by atoms with Gasteiger partial charge in [-0.3, -0.25) is 0 Å². The van der Waals surface area contributed by atoms with Gasteiger partial charge in [0.1, 0.15) is 0 Å². The summed E-state index contributed by atoms with van der Waals surface area (Å²) in [6, 6.07) is 0. The monoisotopic (exact) mass is 151 g/mol. The van der Waals surface area contributed by atoms with Crippen LogP contribution in [-0.4, -0.2) is 20.6 Å². The molecule has 56 valence electrons. The lowest BCUT2D eigenvalue weighted by atomic mass is 10.2. The Labute approximate surface area is 57.9 Å². The van der Waals surface area contributed by atoms with Gasteiger partial charge in [0.05, 0.1) is 5.25 Å². The Morgan fingerprint density at radius 3 is 2.44 bits per heavy atom. The van der Waals surface area contributed by atoms with Crippen molar-refractivity contribution >= 4 is 11.1 Å². The Kier molecular flexibility index (Phi) is 4.94. The summed E-state index contributed by atoms with van der Waals surface area (Å²) in [4.78, 5) is 0. The molecule has 3 N–H and O–H groups in total. The van der Waals surface area contributed by atoms with Crippen molar-refractivity contribution in [3.05, 3.63) is 0 Å². The molecule has 0 heterocycles. The Bertz CT molecular complexity index is 97.0. The normalized spacial score (nSPS) is 17.2. The van der Waals surface area contributed by atoms with Crippen molar-refractivity contribution in [3.63, 3.8) is 0 Å². The molecule has 0 aromatic carbocycles. The van der Waals surface area contributed by atoms with Crippen LogP contribution in [0.15, 0.2) is 0 Å². The first-order valence-electron chi connectivity index (χ1n) is 3.02. The van der Waals surface area contributed by atoms with Crippen LogP contribution in [0.5, 0.6) is 0 Å². The van der Waals surface area contributed by atoms with Gasteiger partial charge in [0, 0.05) is 6.54 Å². The second-order valence-corrected chi connectivity index (χ2v) is 3.14. The van der Waals surface area contributed by atoms with Crippen molar-refractivity contribution in [2.75, 3.05) is 6.54 Å². The highest BCUT2D eigenvalue weighted by Crippen LogP contribution is 2.00. The summed E-state index contributed by atoms with van der Waals surface area (Å²) < 4.78 is 18.9. The lowest BCUT2D eigenvalue weighted by molar-refractivity contribution is 0.539. The van der Waals surface area contributed by atoms with Crippen molar-refractivity contribution in [1.82, 2.24) is 0 Å². The van der Waals surface area contributed by atoms with E-state index < -0.39 is 11.1 Å². The zero-order chi connectivity index (χ0) is 7.28. The van der Waals surface area contributed by atoms with Crippen molar-refractivity contribution in [2.45, 2.75) is 25.0 Å². The topological polar surface area (TPSA) is 63.3 Å². The predicted octanol–water partition coefficient (Wildman–Crippen LogP) is 0.336. The largest absolute Gasteiger partial charge is 0.329 e. The first-order chi connectivity index (χ1) is 4.22. The van der Waals surface area contributed by atoms with Gasteiger partial charge in [-0.2, -0.15) is 0 Å². The first-order valence-corrected chi connectivity index (χ1v) is 4.19. The molecule has 0 rings (SSSR count). The second kappa shape index (κ2) is 4.90. The minimum Gasteiger partial charge on any atom is -0.329 e. The molecular weight excluding hydrogens is 138 g/mol. The van der Waals surface area contributed by atoms with Gasteiger partial charge in [0.25, 0.3) is 0 Å². The van der Waals surface area contributed by atoms with E-state index in [-0.39, 0.29) is 5.25 Å². The maximum atomic E-state index is 10.4. The van der Waals surface area contributed by atoms with E-state index in [1.807, 2.05) is 6.92 Å². The molecule has 0 spiro atoms. The number of hydrogen-bond donors (Lipinski definition) is 2. The fourth-order valence-electron chi connectivity index (χ4n) is 0.623. The molecular formula is C5H13NO2S. The summed E-state index contributed by atoms with van der Waals surface area (Å²) in [5, 5.41) is -0.227. The van der Waals surface area contributed by atoms with Crippen LogP contribution >= 0.6 is 0 Å². The van der Waals surface area contributed by atoms with Crippen LogP contribution in [0.4, 0.5) is 0 Å². The van der Waals surface area contributed by atoms with E-state index in [4.69, 9.17) is 10.3 Å². The summed E-state index contributed by atoms with van der Waals surface area (Å²) in [6.07, 6.45) is 1.65. The minimum absolute atomic E-state index is 0.227. The molecule has 0 aromatic heterocycles. The zero-order valence-corrected chi connectivity index (χ0v) is 6.36. The summed E-state index contributed by atoms with van der Waals surface area (Å²) in [6.45, 7) is 2.27. The van der Waals surface area contributed by atoms with E-state index in [1.165, 1.54) is 0 Å². The fraction of sp³-hybridized carbons (Fsp3) is 1.00. The second-order valence-electron chi connectivity index (χ2n) is 1.92. The summed E-state index contributed by atoms with van der Waals surface area (Å²) in [5.74, 6) is 0. The molecule has 0 bridgehead atoms. The van der Waals surface area contributed by atoms with Crippen LogP contribution in [-0.2, 0) is 11.1 Å². The van der Waals surface area contributed by atoms with Gasteiger partial charge in [-0.1, -0.05) is 13.3 Å². The quantitative estimate of drug-likeness (QED) is 0.569. The third-order valence-electron chi connectivity index (χ3n) is 1.16. The standard InChI is InChI=1S/C5H13NO2S/c1-2-3-5(4-6)9(7)8/h5H,2-4,6H2,1H3,(H,7,8). The van der Waals surface area contributed by atoms with E-state index in [2.05, 4.69) is 0 Å². The molecule has 9 heavy (non-hydrogen) atoms. The molecule has 3 nitrogen and oxygen atoms in total.